The maximum absolute atomic E-state index is 13.4. The molecule has 0 bridgehead atoms. The number of amides is 1. The molecule has 0 saturated carbocycles. The molecule has 0 fully saturated rings. The van der Waals surface area contributed by atoms with Gasteiger partial charge in [0.05, 0.1) is 11.8 Å². The van der Waals surface area contributed by atoms with E-state index in [2.05, 4.69) is 0 Å². The van der Waals surface area contributed by atoms with Gasteiger partial charge >= 0.3 is 0 Å². The molecule has 0 spiro atoms. The second kappa shape index (κ2) is 4.50. The molecule has 1 aromatic carbocycles. The lowest BCUT2D eigenvalue weighted by atomic mass is 9.94. The number of carbonyl (C=O) groups excluding carboxylic acids is 1. The van der Waals surface area contributed by atoms with Gasteiger partial charge in [-0.3, -0.25) is 4.79 Å². The molecule has 3 nitrogen and oxygen atoms in total. The van der Waals surface area contributed by atoms with Crippen LogP contribution in [0.4, 0.5) is 14.5 Å². The Morgan fingerprint density at radius 1 is 1.41 bits per heavy atom. The fraction of sp³-hybridized carbons (Fsp3) is 0.333. The molecule has 0 N–H and O–H groups in total. The third-order valence-corrected chi connectivity index (χ3v) is 2.39. The van der Waals surface area contributed by atoms with Gasteiger partial charge in [0, 0.05) is 13.1 Å². The Morgan fingerprint density at radius 2 is 2.00 bits per heavy atom. The molecule has 1 rings (SSSR count). The average Bonchev–Trinajstić information content (AvgIpc) is 2.30. The third-order valence-electron chi connectivity index (χ3n) is 2.39. The van der Waals surface area contributed by atoms with E-state index < -0.39 is 23.0 Å². The lowest BCUT2D eigenvalue weighted by molar-refractivity contribution is -0.123. The predicted octanol–water partition coefficient (Wildman–Crippen LogP) is 2.48. The van der Waals surface area contributed by atoms with E-state index in [9.17, 15) is 13.6 Å². The highest BCUT2D eigenvalue weighted by Crippen LogP contribution is 2.24. The fourth-order valence-corrected chi connectivity index (χ4v) is 1.32. The van der Waals surface area contributed by atoms with Crippen molar-refractivity contribution in [3.8, 4) is 6.07 Å². The molecule has 17 heavy (non-hydrogen) atoms. The van der Waals surface area contributed by atoms with Crippen LogP contribution in [-0.2, 0) is 4.79 Å². The van der Waals surface area contributed by atoms with Gasteiger partial charge < -0.3 is 4.90 Å². The first-order chi connectivity index (χ1) is 7.79. The first-order valence-corrected chi connectivity index (χ1v) is 4.94. The molecule has 0 atom stereocenters. The number of anilines is 1. The number of nitriles is 1. The quantitative estimate of drug-likeness (QED) is 0.794. The van der Waals surface area contributed by atoms with Gasteiger partial charge in [-0.15, -0.1) is 0 Å². The van der Waals surface area contributed by atoms with E-state index in [0.29, 0.717) is 0 Å². The number of rotatable bonds is 2. The normalized spacial score (nSPS) is 10.8. The van der Waals surface area contributed by atoms with E-state index in [1.54, 1.807) is 0 Å². The summed E-state index contributed by atoms with van der Waals surface area (Å²) in [5, 5.41) is 8.82. The van der Waals surface area contributed by atoms with Crippen LogP contribution < -0.4 is 4.90 Å². The highest BCUT2D eigenvalue weighted by atomic mass is 19.1. The molecule has 1 aromatic rings. The molecule has 1 amide bonds. The molecule has 5 heteroatoms. The van der Waals surface area contributed by atoms with Crippen molar-refractivity contribution >= 4 is 11.6 Å². The van der Waals surface area contributed by atoms with Gasteiger partial charge in [-0.2, -0.15) is 5.26 Å². The summed E-state index contributed by atoms with van der Waals surface area (Å²) >= 11 is 0. The highest BCUT2D eigenvalue weighted by Gasteiger charge is 2.32. The van der Waals surface area contributed by atoms with Crippen molar-refractivity contribution in [1.29, 1.82) is 5.26 Å². The number of halogens is 2. The average molecular weight is 238 g/mol. The summed E-state index contributed by atoms with van der Waals surface area (Å²) in [6, 6.07) is 4.64. The lowest BCUT2D eigenvalue weighted by Crippen LogP contribution is -2.38. The molecule has 0 aliphatic rings. The second-order valence-electron chi connectivity index (χ2n) is 4.20. The minimum Gasteiger partial charge on any atom is -0.311 e. The fourth-order valence-electron chi connectivity index (χ4n) is 1.32. The lowest BCUT2D eigenvalue weighted by Gasteiger charge is -2.24. The van der Waals surface area contributed by atoms with Crippen molar-refractivity contribution < 1.29 is 13.6 Å². The predicted molar refractivity (Wildman–Crippen MR) is 59.2 cm³/mol. The monoisotopic (exact) mass is 238 g/mol. The molecule has 0 heterocycles. The topological polar surface area (TPSA) is 44.1 Å². The molecular weight excluding hydrogens is 226 g/mol. The summed E-state index contributed by atoms with van der Waals surface area (Å²) in [6.07, 6.45) is 0. The smallest absolute Gasteiger partial charge is 0.246 e. The van der Waals surface area contributed by atoms with Crippen LogP contribution in [0.5, 0.6) is 0 Å². The van der Waals surface area contributed by atoms with Crippen LogP contribution >= 0.6 is 0 Å². The van der Waals surface area contributed by atoms with Gasteiger partial charge in [0.1, 0.15) is 17.0 Å². The zero-order chi connectivity index (χ0) is 13.2. The molecule has 0 aliphatic heterocycles. The SMILES string of the molecule is CN(C(=O)C(C)(C)C#N)c1cc(F)ccc1F. The summed E-state index contributed by atoms with van der Waals surface area (Å²) < 4.78 is 26.4. The molecule has 0 saturated heterocycles. The van der Waals surface area contributed by atoms with Crippen LogP contribution in [0.1, 0.15) is 13.8 Å². The van der Waals surface area contributed by atoms with Crippen LogP contribution in [0.25, 0.3) is 0 Å². The number of nitrogens with zero attached hydrogens (tertiary/aromatic N) is 2. The van der Waals surface area contributed by atoms with E-state index in [1.165, 1.54) is 20.9 Å². The van der Waals surface area contributed by atoms with Gasteiger partial charge in [-0.05, 0) is 26.0 Å². The largest absolute Gasteiger partial charge is 0.311 e. The van der Waals surface area contributed by atoms with E-state index >= 15 is 0 Å². The maximum atomic E-state index is 13.4. The van der Waals surface area contributed by atoms with Gasteiger partial charge in [-0.25, -0.2) is 8.78 Å². The van der Waals surface area contributed by atoms with Gasteiger partial charge in [-0.1, -0.05) is 0 Å². The van der Waals surface area contributed by atoms with Crippen LogP contribution in [-0.4, -0.2) is 13.0 Å². The van der Waals surface area contributed by atoms with Gasteiger partial charge in [0.15, 0.2) is 0 Å². The van der Waals surface area contributed by atoms with Crippen LogP contribution in [0.15, 0.2) is 18.2 Å². The first-order valence-electron chi connectivity index (χ1n) is 4.94. The van der Waals surface area contributed by atoms with Crippen molar-refractivity contribution in [1.82, 2.24) is 0 Å². The van der Waals surface area contributed by atoms with Crippen molar-refractivity contribution in [2.45, 2.75) is 13.8 Å². The van der Waals surface area contributed by atoms with Crippen molar-refractivity contribution in [2.75, 3.05) is 11.9 Å². The molecule has 90 valence electrons. The van der Waals surface area contributed by atoms with Crippen LogP contribution in [0, 0.1) is 28.4 Å². The van der Waals surface area contributed by atoms with E-state index in [0.717, 1.165) is 23.1 Å². The Kier molecular flexibility index (Phi) is 3.47. The summed E-state index contributed by atoms with van der Waals surface area (Å²) in [7, 11) is 1.30. The first kappa shape index (κ1) is 13.1. The Bertz CT molecular complexity index is 492. The Hall–Kier alpha value is -1.96. The highest BCUT2D eigenvalue weighted by molar-refractivity contribution is 5.98. The second-order valence-corrected chi connectivity index (χ2v) is 4.20. The Balaban J connectivity index is 3.14. The van der Waals surface area contributed by atoms with E-state index in [1.807, 2.05) is 6.07 Å². The zero-order valence-corrected chi connectivity index (χ0v) is 9.79. The zero-order valence-electron chi connectivity index (χ0n) is 9.79. The molecule has 0 aromatic heterocycles. The summed E-state index contributed by atoms with van der Waals surface area (Å²) in [6.45, 7) is 2.84. The van der Waals surface area contributed by atoms with Crippen molar-refractivity contribution in [3.05, 3.63) is 29.8 Å². The minimum atomic E-state index is -1.28. The van der Waals surface area contributed by atoms with Gasteiger partial charge in [0.2, 0.25) is 5.91 Å². The molecule has 0 radical (unpaired) electrons. The summed E-state index contributed by atoms with van der Waals surface area (Å²) in [4.78, 5) is 12.8. The number of benzene rings is 1. The summed E-state index contributed by atoms with van der Waals surface area (Å²) in [5.74, 6) is -1.95. The number of carbonyl (C=O) groups is 1. The number of hydrogen-bond acceptors (Lipinski definition) is 2. The number of hydrogen-bond donors (Lipinski definition) is 0. The van der Waals surface area contributed by atoms with Crippen molar-refractivity contribution in [2.24, 2.45) is 5.41 Å². The standard InChI is InChI=1S/C12H12F2N2O/c1-12(2,7-15)11(17)16(3)10-6-8(13)4-5-9(10)14/h4-6H,1-3H3. The Morgan fingerprint density at radius 3 is 2.53 bits per heavy atom. The van der Waals surface area contributed by atoms with E-state index in [4.69, 9.17) is 5.26 Å². The van der Waals surface area contributed by atoms with Crippen molar-refractivity contribution in [3.63, 3.8) is 0 Å². The van der Waals surface area contributed by atoms with Crippen LogP contribution in [0.3, 0.4) is 0 Å². The Labute approximate surface area is 98.3 Å². The van der Waals surface area contributed by atoms with Gasteiger partial charge in [0.25, 0.3) is 0 Å². The maximum Gasteiger partial charge on any atom is 0.246 e. The molecular formula is C12H12F2N2O. The van der Waals surface area contributed by atoms with Crippen LogP contribution in [0.2, 0.25) is 0 Å². The molecule has 0 aliphatic carbocycles. The molecule has 0 unspecified atom stereocenters. The minimum absolute atomic E-state index is 0.182. The third kappa shape index (κ3) is 2.59. The summed E-state index contributed by atoms with van der Waals surface area (Å²) in [5.41, 5.74) is -1.47. The van der Waals surface area contributed by atoms with E-state index in [-0.39, 0.29) is 5.69 Å².